The summed E-state index contributed by atoms with van der Waals surface area (Å²) in [4.78, 5) is 26.3. The highest BCUT2D eigenvalue weighted by atomic mass is 16.6. The first kappa shape index (κ1) is 30.5. The molecule has 37 heavy (non-hydrogen) atoms. The van der Waals surface area contributed by atoms with Crippen molar-refractivity contribution in [2.45, 2.75) is 91.3 Å². The molecule has 1 aromatic rings. The fourth-order valence-corrected chi connectivity index (χ4v) is 4.61. The number of nitrogens with zero attached hydrogens (tertiary/aromatic N) is 1. The third-order valence-corrected chi connectivity index (χ3v) is 7.19. The van der Waals surface area contributed by atoms with Crippen molar-refractivity contribution in [2.75, 3.05) is 24.6 Å². The second-order valence-electron chi connectivity index (χ2n) is 10.0. The van der Waals surface area contributed by atoms with Crippen LogP contribution in [0.15, 0.2) is 35.8 Å². The zero-order valence-corrected chi connectivity index (χ0v) is 22.8. The van der Waals surface area contributed by atoms with Crippen molar-refractivity contribution in [3.8, 4) is 0 Å². The van der Waals surface area contributed by atoms with Crippen molar-refractivity contribution in [1.82, 2.24) is 0 Å². The van der Waals surface area contributed by atoms with Crippen LogP contribution in [-0.2, 0) is 14.3 Å². The number of hydrogen-bond donors (Lipinski definition) is 3. The molecule has 8 heteroatoms. The van der Waals surface area contributed by atoms with Crippen molar-refractivity contribution in [3.05, 3.63) is 41.3 Å². The maximum Gasteiger partial charge on any atom is 0.377 e. The Kier molecular flexibility index (Phi) is 12.8. The van der Waals surface area contributed by atoms with Crippen LogP contribution >= 0.6 is 0 Å². The van der Waals surface area contributed by atoms with E-state index in [1.54, 1.807) is 12.1 Å². The number of carbonyl (C=O) groups excluding carboxylic acids is 2. The lowest BCUT2D eigenvalue weighted by Crippen LogP contribution is -2.34. The van der Waals surface area contributed by atoms with Gasteiger partial charge in [-0.15, -0.1) is 0 Å². The normalized spacial score (nSPS) is 17.9. The molecule has 0 saturated carbocycles. The lowest BCUT2D eigenvalue weighted by molar-refractivity contribution is -0.147. The maximum atomic E-state index is 12.6. The molecule has 0 fully saturated rings. The van der Waals surface area contributed by atoms with E-state index in [1.807, 2.05) is 12.1 Å². The summed E-state index contributed by atoms with van der Waals surface area (Å²) in [6, 6.07) is 7.32. The lowest BCUT2D eigenvalue weighted by Gasteiger charge is -2.32. The van der Waals surface area contributed by atoms with Crippen LogP contribution in [0.4, 0.5) is 5.69 Å². The fraction of sp³-hybridized carbons (Fsp3) is 0.655. The van der Waals surface area contributed by atoms with Gasteiger partial charge in [-0.2, -0.15) is 0 Å². The summed E-state index contributed by atoms with van der Waals surface area (Å²) in [5.74, 6) is -2.26. The van der Waals surface area contributed by atoms with Crippen molar-refractivity contribution in [2.24, 2.45) is 11.8 Å². The van der Waals surface area contributed by atoms with Crippen molar-refractivity contribution >= 4 is 17.6 Å². The van der Waals surface area contributed by atoms with Gasteiger partial charge in [0.2, 0.25) is 5.76 Å². The third-order valence-electron chi connectivity index (χ3n) is 7.19. The van der Waals surface area contributed by atoms with Crippen molar-refractivity contribution in [3.63, 3.8) is 0 Å². The molecule has 0 amide bonds. The number of unbranched alkanes of at least 4 members (excludes halogenated alkanes) is 2. The minimum absolute atomic E-state index is 0.331. The SMILES string of the molecule is CCCCC(CC)CN(CC(CC)CCCC)c1ccc(C(=O)OCC(O)C2OC(=O)C(O)=C2O)cc1. The van der Waals surface area contributed by atoms with E-state index in [1.165, 1.54) is 38.5 Å². The van der Waals surface area contributed by atoms with Gasteiger partial charge in [-0.3, -0.25) is 0 Å². The molecule has 4 atom stereocenters. The fourth-order valence-electron chi connectivity index (χ4n) is 4.61. The number of cyclic esters (lactones) is 1. The molecular formula is C29H45NO7. The third kappa shape index (κ3) is 8.95. The van der Waals surface area contributed by atoms with Gasteiger partial charge in [-0.05, 0) is 48.9 Å². The number of hydrogen-bond acceptors (Lipinski definition) is 8. The summed E-state index contributed by atoms with van der Waals surface area (Å²) >= 11 is 0. The van der Waals surface area contributed by atoms with Crippen molar-refractivity contribution < 1.29 is 34.4 Å². The van der Waals surface area contributed by atoms with E-state index >= 15 is 0 Å². The smallest absolute Gasteiger partial charge is 0.377 e. The number of aliphatic hydroxyl groups excluding tert-OH is 3. The zero-order valence-electron chi connectivity index (χ0n) is 22.8. The molecule has 4 unspecified atom stereocenters. The quantitative estimate of drug-likeness (QED) is 0.225. The highest BCUT2D eigenvalue weighted by Gasteiger charge is 2.39. The van der Waals surface area contributed by atoms with Gasteiger partial charge in [0.05, 0.1) is 5.56 Å². The minimum atomic E-state index is -1.50. The minimum Gasteiger partial charge on any atom is -0.505 e. The summed E-state index contributed by atoms with van der Waals surface area (Å²) in [6.45, 7) is 10.4. The van der Waals surface area contributed by atoms with Gasteiger partial charge in [-0.25, -0.2) is 9.59 Å². The first-order valence-electron chi connectivity index (χ1n) is 13.8. The van der Waals surface area contributed by atoms with Gasteiger partial charge in [0.25, 0.3) is 0 Å². The van der Waals surface area contributed by atoms with E-state index in [0.717, 1.165) is 31.6 Å². The first-order chi connectivity index (χ1) is 17.7. The van der Waals surface area contributed by atoms with E-state index in [0.29, 0.717) is 17.4 Å². The number of aliphatic hydroxyl groups is 3. The molecule has 1 aliphatic rings. The number of ether oxygens (including phenoxy) is 2. The van der Waals surface area contributed by atoms with Gasteiger partial charge in [0, 0.05) is 18.8 Å². The molecule has 1 aromatic carbocycles. The molecule has 3 N–H and O–H groups in total. The lowest BCUT2D eigenvalue weighted by atomic mass is 9.95. The van der Waals surface area contributed by atoms with Crippen molar-refractivity contribution in [1.29, 1.82) is 0 Å². The van der Waals surface area contributed by atoms with Gasteiger partial charge in [0.1, 0.15) is 12.7 Å². The number of rotatable bonds is 17. The first-order valence-corrected chi connectivity index (χ1v) is 13.8. The molecule has 2 rings (SSSR count). The Balaban J connectivity index is 2.07. The summed E-state index contributed by atoms with van der Waals surface area (Å²) in [6.07, 6.45) is 6.55. The van der Waals surface area contributed by atoms with Crippen LogP contribution in [-0.4, -0.2) is 59.2 Å². The van der Waals surface area contributed by atoms with Gasteiger partial charge in [-0.1, -0.05) is 66.2 Å². The molecule has 0 aromatic heterocycles. The predicted octanol–water partition coefficient (Wildman–Crippen LogP) is 5.70. The van der Waals surface area contributed by atoms with Crippen LogP contribution in [0.2, 0.25) is 0 Å². The second kappa shape index (κ2) is 15.5. The van der Waals surface area contributed by atoms with Gasteiger partial charge < -0.3 is 29.7 Å². The molecule has 0 saturated heterocycles. The Labute approximate surface area is 221 Å². The highest BCUT2D eigenvalue weighted by molar-refractivity contribution is 5.90. The molecule has 8 nitrogen and oxygen atoms in total. The van der Waals surface area contributed by atoms with E-state index in [2.05, 4.69) is 32.6 Å². The van der Waals surface area contributed by atoms with Gasteiger partial charge >= 0.3 is 11.9 Å². The molecule has 0 spiro atoms. The van der Waals surface area contributed by atoms with E-state index < -0.39 is 42.3 Å². The summed E-state index contributed by atoms with van der Waals surface area (Å²) in [5, 5.41) is 29.2. The van der Waals surface area contributed by atoms with E-state index in [9.17, 15) is 24.9 Å². The highest BCUT2D eigenvalue weighted by Crippen LogP contribution is 2.25. The van der Waals surface area contributed by atoms with Crippen LogP contribution in [0, 0.1) is 11.8 Å². The Bertz CT molecular complexity index is 865. The Morgan fingerprint density at radius 2 is 1.51 bits per heavy atom. The van der Waals surface area contributed by atoms with E-state index in [-0.39, 0.29) is 0 Å². The van der Waals surface area contributed by atoms with Crippen LogP contribution in [0.5, 0.6) is 0 Å². The Morgan fingerprint density at radius 1 is 0.973 bits per heavy atom. The molecule has 208 valence electrons. The number of carbonyl (C=O) groups is 2. The average molecular weight is 520 g/mol. The molecule has 0 radical (unpaired) electrons. The van der Waals surface area contributed by atoms with Crippen LogP contribution in [0.25, 0.3) is 0 Å². The van der Waals surface area contributed by atoms with Crippen LogP contribution < -0.4 is 4.90 Å². The number of esters is 2. The predicted molar refractivity (Wildman–Crippen MR) is 144 cm³/mol. The number of anilines is 1. The maximum absolute atomic E-state index is 12.6. The monoisotopic (exact) mass is 519 g/mol. The number of benzene rings is 1. The summed E-state index contributed by atoms with van der Waals surface area (Å²) in [5.41, 5.74) is 1.41. The average Bonchev–Trinajstić information content (AvgIpc) is 3.17. The molecule has 1 heterocycles. The second-order valence-corrected chi connectivity index (χ2v) is 10.0. The Morgan fingerprint density at radius 3 is 1.95 bits per heavy atom. The largest absolute Gasteiger partial charge is 0.505 e. The molecule has 0 aliphatic carbocycles. The van der Waals surface area contributed by atoms with Gasteiger partial charge in [0.15, 0.2) is 11.9 Å². The van der Waals surface area contributed by atoms with Crippen LogP contribution in [0.3, 0.4) is 0 Å². The van der Waals surface area contributed by atoms with E-state index in [4.69, 9.17) is 9.47 Å². The molecular weight excluding hydrogens is 474 g/mol. The molecule has 1 aliphatic heterocycles. The Hall–Kier alpha value is -2.74. The standard InChI is InChI=1S/C29H45NO7/c1-5-9-11-20(7-3)17-30(18-21(8-4)12-10-6-2)23-15-13-22(14-16-23)28(34)36-19-24(31)27-25(32)26(33)29(35)37-27/h13-16,20-21,24,27,31-33H,5-12,17-19H2,1-4H3. The molecule has 0 bridgehead atoms. The summed E-state index contributed by atoms with van der Waals surface area (Å²) < 4.78 is 9.86. The topological polar surface area (TPSA) is 117 Å². The summed E-state index contributed by atoms with van der Waals surface area (Å²) in [7, 11) is 0. The zero-order chi connectivity index (χ0) is 27.4. The van der Waals surface area contributed by atoms with Crippen LogP contribution in [0.1, 0.15) is 89.4 Å².